The number of aliphatic hydroxyl groups excluding tert-OH is 2. The normalized spacial score (nSPS) is 23.9. The van der Waals surface area contributed by atoms with Gasteiger partial charge < -0.3 is 29.9 Å². The van der Waals surface area contributed by atoms with E-state index >= 15 is 0 Å². The molecule has 2 aromatic carbocycles. The molecule has 0 amide bonds. The Bertz CT molecular complexity index is 1820. The molecule has 45 heavy (non-hydrogen) atoms. The van der Waals surface area contributed by atoms with Gasteiger partial charge in [0.25, 0.3) is 12.0 Å². The Labute approximate surface area is 253 Å². The lowest BCUT2D eigenvalue weighted by atomic mass is 9.96. The molecular weight excluding hydrogens is 621 g/mol. The predicted octanol–water partition coefficient (Wildman–Crippen LogP) is 2.24. The summed E-state index contributed by atoms with van der Waals surface area (Å²) in [6.07, 6.45) is -9.18. The summed E-state index contributed by atoms with van der Waals surface area (Å²) in [5.74, 6) is -1.13. The zero-order chi connectivity index (χ0) is 32.7. The van der Waals surface area contributed by atoms with Crippen LogP contribution >= 0.6 is 7.75 Å². The zero-order valence-electron chi connectivity index (χ0n) is 24.2. The minimum atomic E-state index is -4.76. The second-order valence-corrected chi connectivity index (χ2v) is 12.3. The van der Waals surface area contributed by atoms with Gasteiger partial charge in [0.1, 0.15) is 24.0 Å². The van der Waals surface area contributed by atoms with Crippen molar-refractivity contribution in [3.05, 3.63) is 59.1 Å². The van der Waals surface area contributed by atoms with Gasteiger partial charge in [-0.05, 0) is 32.2 Å². The molecule has 1 fully saturated rings. The van der Waals surface area contributed by atoms with Gasteiger partial charge in [0, 0.05) is 5.39 Å². The van der Waals surface area contributed by atoms with Crippen LogP contribution in [-0.2, 0) is 23.4 Å². The third-order valence-electron chi connectivity index (χ3n) is 7.04. The number of carbonyl (C=O) groups is 1. The molecule has 6 N–H and O–H groups in total. The molecule has 242 valence electrons. The highest BCUT2D eigenvalue weighted by Crippen LogP contribution is 2.50. The van der Waals surface area contributed by atoms with Crippen molar-refractivity contribution in [2.24, 2.45) is 0 Å². The molecule has 15 nitrogen and oxygen atoms in total. The average Bonchev–Trinajstić information content (AvgIpc) is 3.51. The van der Waals surface area contributed by atoms with Crippen LogP contribution in [0.1, 0.15) is 27.0 Å². The zero-order valence-corrected chi connectivity index (χ0v) is 25.1. The number of aromatic amines is 1. The van der Waals surface area contributed by atoms with Crippen LogP contribution < -0.4 is 20.9 Å². The number of carbonyl (C=O) groups excluding carboxylic acids is 1. The molecule has 2 aromatic heterocycles. The molecule has 1 aliphatic rings. The molecular formula is C27H31F2N6O9P. The number of nitrogens with zero attached hydrogens (tertiary/aromatic N) is 3. The molecule has 3 heterocycles. The van der Waals surface area contributed by atoms with E-state index in [1.165, 1.54) is 13.0 Å². The maximum Gasteiger partial charge on any atom is 0.459 e. The minimum absolute atomic E-state index is 0.0315. The van der Waals surface area contributed by atoms with Crippen molar-refractivity contribution in [3.63, 3.8) is 0 Å². The Morgan fingerprint density at radius 3 is 2.64 bits per heavy atom. The molecule has 0 bridgehead atoms. The molecule has 0 saturated carbocycles. The Balaban J connectivity index is 1.48. The maximum absolute atomic E-state index is 14.8. The van der Waals surface area contributed by atoms with Crippen LogP contribution in [0.25, 0.3) is 21.9 Å². The van der Waals surface area contributed by atoms with Crippen LogP contribution in [0.5, 0.6) is 5.75 Å². The van der Waals surface area contributed by atoms with E-state index in [2.05, 4.69) is 20.0 Å². The number of halogens is 2. The van der Waals surface area contributed by atoms with Crippen LogP contribution in [0.3, 0.4) is 0 Å². The fourth-order valence-electron chi connectivity index (χ4n) is 4.83. The average molecular weight is 653 g/mol. The highest BCUT2D eigenvalue weighted by Gasteiger charge is 2.61. The number of alkyl halides is 2. The number of imidazole rings is 1. The van der Waals surface area contributed by atoms with Crippen molar-refractivity contribution >= 4 is 41.6 Å². The van der Waals surface area contributed by atoms with E-state index in [1.54, 1.807) is 50.2 Å². The van der Waals surface area contributed by atoms with Gasteiger partial charge in [-0.2, -0.15) is 10.1 Å². The van der Waals surface area contributed by atoms with Crippen molar-refractivity contribution in [2.45, 2.75) is 63.4 Å². The van der Waals surface area contributed by atoms with Gasteiger partial charge in [-0.15, -0.1) is 0 Å². The topological polar surface area (TPSA) is 213 Å². The fourth-order valence-corrected chi connectivity index (χ4v) is 6.38. The number of anilines is 1. The molecule has 6 atom stereocenters. The molecule has 1 saturated heterocycles. The lowest BCUT2D eigenvalue weighted by Gasteiger charge is -2.32. The third kappa shape index (κ3) is 6.27. The molecule has 0 aliphatic carbocycles. The minimum Gasteiger partial charge on any atom is -0.462 e. The predicted molar refractivity (Wildman–Crippen MR) is 155 cm³/mol. The Kier molecular flexibility index (Phi) is 8.95. The molecule has 5 rings (SSSR count). The second-order valence-electron chi connectivity index (χ2n) is 10.7. The second kappa shape index (κ2) is 12.4. The number of aliphatic hydroxyl groups is 2. The number of nitrogen functional groups attached to an aromatic ring is 1. The molecule has 0 spiro atoms. The molecule has 0 radical (unpaired) electrons. The van der Waals surface area contributed by atoms with Gasteiger partial charge in [0.15, 0.2) is 23.0 Å². The summed E-state index contributed by atoms with van der Waals surface area (Å²) in [5, 5.41) is 25.4. The largest absolute Gasteiger partial charge is 0.462 e. The first kappa shape index (κ1) is 32.4. The van der Waals surface area contributed by atoms with Gasteiger partial charge in [0.05, 0.1) is 19.0 Å². The van der Waals surface area contributed by atoms with Crippen molar-refractivity contribution in [1.29, 1.82) is 0 Å². The van der Waals surface area contributed by atoms with Gasteiger partial charge in [-0.3, -0.25) is 23.7 Å². The lowest BCUT2D eigenvalue weighted by molar-refractivity contribution is -0.191. The highest BCUT2D eigenvalue weighted by atomic mass is 31.2. The van der Waals surface area contributed by atoms with Crippen LogP contribution in [0.15, 0.2) is 53.6 Å². The number of nitrogens with one attached hydrogen (secondary N) is 2. The van der Waals surface area contributed by atoms with Crippen LogP contribution in [0.4, 0.5) is 14.7 Å². The summed E-state index contributed by atoms with van der Waals surface area (Å²) in [7, 11) is -4.76. The Morgan fingerprint density at radius 1 is 1.22 bits per heavy atom. The standard InChI is InChI=1S/C27H31F2N6O9P/c1-13(2)42-24(39)14(3)34-45(40,44-17-10-6-8-15-7-4-5-9-16(15)17)41-11-27(25(28)29)20(37)19(36)23(43-27)35-12-31-18-21(35)32-26(30)33-22(18)38/h4-10,12-14,19-20,23,25,36-37H,11H2,1-3H3,(H,34,40)(H3,30,32,33,38). The summed E-state index contributed by atoms with van der Waals surface area (Å²) < 4.78 is 66.7. The van der Waals surface area contributed by atoms with E-state index in [9.17, 15) is 33.1 Å². The number of rotatable bonds is 11. The molecule has 18 heteroatoms. The fraction of sp³-hybridized carbons (Fsp3) is 0.407. The summed E-state index contributed by atoms with van der Waals surface area (Å²) >= 11 is 0. The number of esters is 1. The molecule has 4 aromatic rings. The Morgan fingerprint density at radius 2 is 1.93 bits per heavy atom. The van der Waals surface area contributed by atoms with E-state index in [0.29, 0.717) is 10.8 Å². The van der Waals surface area contributed by atoms with Gasteiger partial charge in [-0.25, -0.2) is 18.3 Å². The SMILES string of the molecule is CC(C)OC(=O)C(C)NP(=O)(OCC1(C(F)F)OC(n2cnc3c(=O)[nH]c(N)nc32)C(O)C1O)Oc1cccc2ccccc12. The van der Waals surface area contributed by atoms with E-state index in [0.717, 1.165) is 10.9 Å². The number of ether oxygens (including phenoxy) is 2. The number of nitrogens with two attached hydrogens (primary N) is 1. The number of fused-ring (bicyclic) bond motifs is 2. The van der Waals surface area contributed by atoms with Crippen molar-refractivity contribution in [2.75, 3.05) is 12.3 Å². The summed E-state index contributed by atoms with van der Waals surface area (Å²) in [6, 6.07) is 10.4. The number of benzene rings is 2. The van der Waals surface area contributed by atoms with Crippen molar-refractivity contribution in [1.82, 2.24) is 24.6 Å². The van der Waals surface area contributed by atoms with Gasteiger partial charge in [-0.1, -0.05) is 36.4 Å². The van der Waals surface area contributed by atoms with Crippen LogP contribution in [-0.4, -0.2) is 78.7 Å². The Hall–Kier alpha value is -3.99. The lowest BCUT2D eigenvalue weighted by Crippen LogP contribution is -2.53. The van der Waals surface area contributed by atoms with Crippen molar-refractivity contribution < 1.29 is 46.9 Å². The first-order valence-corrected chi connectivity index (χ1v) is 15.2. The smallest absolute Gasteiger partial charge is 0.459 e. The van der Waals surface area contributed by atoms with Gasteiger partial charge >= 0.3 is 13.7 Å². The summed E-state index contributed by atoms with van der Waals surface area (Å²) in [4.78, 5) is 34.8. The number of hydrogen-bond donors (Lipinski definition) is 5. The highest BCUT2D eigenvalue weighted by molar-refractivity contribution is 7.52. The first-order valence-electron chi connectivity index (χ1n) is 13.7. The first-order chi connectivity index (χ1) is 21.2. The number of H-pyrrole nitrogens is 1. The van der Waals surface area contributed by atoms with Gasteiger partial charge in [0.2, 0.25) is 5.95 Å². The third-order valence-corrected chi connectivity index (χ3v) is 8.65. The number of aromatic nitrogens is 4. The monoisotopic (exact) mass is 652 g/mol. The quantitative estimate of drug-likeness (QED) is 0.116. The molecule has 1 aliphatic heterocycles. The number of hydrogen-bond acceptors (Lipinski definition) is 12. The maximum atomic E-state index is 14.8. The molecule has 6 unspecified atom stereocenters. The van der Waals surface area contributed by atoms with Crippen LogP contribution in [0.2, 0.25) is 0 Å². The van der Waals surface area contributed by atoms with Crippen molar-refractivity contribution in [3.8, 4) is 5.75 Å². The van der Waals surface area contributed by atoms with E-state index in [-0.39, 0.29) is 22.9 Å². The van der Waals surface area contributed by atoms with E-state index in [4.69, 9.17) is 24.3 Å². The van der Waals surface area contributed by atoms with E-state index < -0.39 is 68.5 Å². The van der Waals surface area contributed by atoms with E-state index in [1.807, 2.05) is 0 Å². The van der Waals surface area contributed by atoms with Crippen LogP contribution in [0, 0.1) is 0 Å². The summed E-state index contributed by atoms with van der Waals surface area (Å²) in [5.41, 5.74) is 1.42. The summed E-state index contributed by atoms with van der Waals surface area (Å²) in [6.45, 7) is 3.21.